The molecular formula is C15H20BrN3OS. The standard InChI is InChI=1S/C15H20BrN3OS/c1-18(2)6-7-19-14(11(16)9-17-19)15(20)13-8-10-4-3-5-12(10)21-13/h8-9,15,20H,3-7H2,1-2H3. The van der Waals surface area contributed by atoms with Crippen LogP contribution in [0.4, 0.5) is 0 Å². The second-order valence-corrected chi connectivity index (χ2v) is 7.78. The van der Waals surface area contributed by atoms with Gasteiger partial charge in [-0.05, 0) is 60.9 Å². The molecule has 0 fully saturated rings. The van der Waals surface area contributed by atoms with E-state index in [0.717, 1.165) is 41.0 Å². The van der Waals surface area contributed by atoms with E-state index in [4.69, 9.17) is 0 Å². The molecule has 1 unspecified atom stereocenters. The highest BCUT2D eigenvalue weighted by atomic mass is 79.9. The maximum Gasteiger partial charge on any atom is 0.131 e. The number of hydrogen-bond acceptors (Lipinski definition) is 4. The molecule has 0 bridgehead atoms. The quantitative estimate of drug-likeness (QED) is 0.880. The van der Waals surface area contributed by atoms with Gasteiger partial charge in [-0.2, -0.15) is 5.10 Å². The minimum Gasteiger partial charge on any atom is -0.381 e. The van der Waals surface area contributed by atoms with Gasteiger partial charge in [-0.3, -0.25) is 4.68 Å². The predicted molar refractivity (Wildman–Crippen MR) is 88.9 cm³/mol. The zero-order valence-electron chi connectivity index (χ0n) is 12.3. The van der Waals surface area contributed by atoms with Crippen LogP contribution in [0.2, 0.25) is 0 Å². The van der Waals surface area contributed by atoms with Crippen LogP contribution in [-0.2, 0) is 19.4 Å². The number of rotatable bonds is 5. The van der Waals surface area contributed by atoms with Crippen molar-refractivity contribution in [1.82, 2.24) is 14.7 Å². The first-order valence-electron chi connectivity index (χ1n) is 7.21. The molecule has 3 rings (SSSR count). The maximum atomic E-state index is 10.8. The van der Waals surface area contributed by atoms with E-state index in [1.54, 1.807) is 17.5 Å². The average molecular weight is 370 g/mol. The van der Waals surface area contributed by atoms with Gasteiger partial charge in [0.2, 0.25) is 0 Å². The molecule has 0 saturated carbocycles. The normalized spacial score (nSPS) is 15.7. The topological polar surface area (TPSA) is 41.3 Å². The van der Waals surface area contributed by atoms with Crippen molar-refractivity contribution in [3.05, 3.63) is 37.7 Å². The summed E-state index contributed by atoms with van der Waals surface area (Å²) in [5.74, 6) is 0. The van der Waals surface area contributed by atoms with Crippen LogP contribution in [0.5, 0.6) is 0 Å². The largest absolute Gasteiger partial charge is 0.381 e. The number of fused-ring (bicyclic) bond motifs is 1. The lowest BCUT2D eigenvalue weighted by atomic mass is 10.1. The van der Waals surface area contributed by atoms with Gasteiger partial charge < -0.3 is 10.0 Å². The Morgan fingerprint density at radius 3 is 3.00 bits per heavy atom. The van der Waals surface area contributed by atoms with E-state index in [1.165, 1.54) is 16.9 Å². The van der Waals surface area contributed by atoms with Crippen molar-refractivity contribution in [2.24, 2.45) is 0 Å². The lowest BCUT2D eigenvalue weighted by Crippen LogP contribution is -2.21. The summed E-state index contributed by atoms with van der Waals surface area (Å²) in [6, 6.07) is 2.17. The highest BCUT2D eigenvalue weighted by Gasteiger charge is 2.24. The lowest BCUT2D eigenvalue weighted by molar-refractivity contribution is 0.208. The molecule has 6 heteroatoms. The van der Waals surface area contributed by atoms with Crippen LogP contribution >= 0.6 is 27.3 Å². The van der Waals surface area contributed by atoms with Crippen LogP contribution in [0, 0.1) is 0 Å². The highest BCUT2D eigenvalue weighted by Crippen LogP contribution is 2.37. The van der Waals surface area contributed by atoms with E-state index in [9.17, 15) is 5.11 Å². The van der Waals surface area contributed by atoms with Crippen molar-refractivity contribution in [1.29, 1.82) is 0 Å². The Balaban J connectivity index is 1.86. The molecular weight excluding hydrogens is 350 g/mol. The maximum absolute atomic E-state index is 10.8. The van der Waals surface area contributed by atoms with Gasteiger partial charge >= 0.3 is 0 Å². The van der Waals surface area contributed by atoms with Crippen molar-refractivity contribution in [2.45, 2.75) is 31.9 Å². The van der Waals surface area contributed by atoms with Crippen LogP contribution in [0.3, 0.4) is 0 Å². The molecule has 1 aliphatic rings. The monoisotopic (exact) mass is 369 g/mol. The second-order valence-electron chi connectivity index (χ2n) is 5.76. The molecule has 0 aromatic carbocycles. The fourth-order valence-electron chi connectivity index (χ4n) is 2.74. The summed E-state index contributed by atoms with van der Waals surface area (Å²) in [4.78, 5) is 4.59. The number of aliphatic hydroxyl groups excluding tert-OH is 1. The first-order valence-corrected chi connectivity index (χ1v) is 8.82. The molecule has 1 aliphatic carbocycles. The number of halogens is 1. The number of aryl methyl sites for hydroxylation is 2. The predicted octanol–water partition coefficient (Wildman–Crippen LogP) is 2.84. The highest BCUT2D eigenvalue weighted by molar-refractivity contribution is 9.10. The van der Waals surface area contributed by atoms with E-state index >= 15 is 0 Å². The minimum absolute atomic E-state index is 0.598. The Morgan fingerprint density at radius 2 is 2.29 bits per heavy atom. The van der Waals surface area contributed by atoms with Crippen LogP contribution in [-0.4, -0.2) is 40.4 Å². The molecule has 0 radical (unpaired) electrons. The van der Waals surface area contributed by atoms with Crippen molar-refractivity contribution >= 4 is 27.3 Å². The zero-order chi connectivity index (χ0) is 15.0. The van der Waals surface area contributed by atoms with Gasteiger partial charge in [-0.25, -0.2) is 0 Å². The number of nitrogens with zero attached hydrogens (tertiary/aromatic N) is 3. The molecule has 0 aliphatic heterocycles. The van der Waals surface area contributed by atoms with Gasteiger partial charge in [0.05, 0.1) is 22.9 Å². The van der Waals surface area contributed by atoms with Gasteiger partial charge in [0, 0.05) is 16.3 Å². The van der Waals surface area contributed by atoms with E-state index in [2.05, 4.69) is 32.0 Å². The average Bonchev–Trinajstić information content (AvgIpc) is 3.09. The molecule has 2 aromatic heterocycles. The number of thiophene rings is 1. The summed E-state index contributed by atoms with van der Waals surface area (Å²) in [6.45, 7) is 1.67. The molecule has 0 spiro atoms. The summed E-state index contributed by atoms with van der Waals surface area (Å²) in [5, 5.41) is 15.2. The Morgan fingerprint density at radius 1 is 1.48 bits per heavy atom. The third-order valence-electron chi connectivity index (χ3n) is 3.89. The zero-order valence-corrected chi connectivity index (χ0v) is 14.7. The van der Waals surface area contributed by atoms with Gasteiger partial charge in [0.15, 0.2) is 0 Å². The second kappa shape index (κ2) is 6.20. The van der Waals surface area contributed by atoms with Crippen LogP contribution in [0.15, 0.2) is 16.7 Å². The lowest BCUT2D eigenvalue weighted by Gasteiger charge is -2.15. The first-order chi connectivity index (χ1) is 10.1. The Kier molecular flexibility index (Phi) is 4.49. The van der Waals surface area contributed by atoms with Crippen molar-refractivity contribution in [2.75, 3.05) is 20.6 Å². The summed E-state index contributed by atoms with van der Waals surface area (Å²) < 4.78 is 2.78. The fraction of sp³-hybridized carbons (Fsp3) is 0.533. The summed E-state index contributed by atoms with van der Waals surface area (Å²) in [5.41, 5.74) is 2.28. The van der Waals surface area contributed by atoms with Crippen LogP contribution in [0.25, 0.3) is 0 Å². The summed E-state index contributed by atoms with van der Waals surface area (Å²) in [7, 11) is 4.08. The molecule has 4 nitrogen and oxygen atoms in total. The summed E-state index contributed by atoms with van der Waals surface area (Å²) >= 11 is 5.27. The van der Waals surface area contributed by atoms with Crippen molar-refractivity contribution < 1.29 is 5.11 Å². The molecule has 0 amide bonds. The Labute approximate surface area is 137 Å². The SMILES string of the molecule is CN(C)CCn1ncc(Br)c1C(O)c1cc2c(s1)CCC2. The number of aliphatic hydroxyl groups is 1. The fourth-order valence-corrected chi connectivity index (χ4v) is 4.50. The van der Waals surface area contributed by atoms with E-state index in [1.807, 2.05) is 18.8 Å². The van der Waals surface area contributed by atoms with Crippen molar-refractivity contribution in [3.8, 4) is 0 Å². The smallest absolute Gasteiger partial charge is 0.131 e. The molecule has 114 valence electrons. The minimum atomic E-state index is -0.598. The van der Waals surface area contributed by atoms with E-state index in [0.29, 0.717) is 0 Å². The molecule has 21 heavy (non-hydrogen) atoms. The molecule has 0 saturated heterocycles. The third kappa shape index (κ3) is 3.08. The van der Waals surface area contributed by atoms with Gasteiger partial charge in [0.1, 0.15) is 6.10 Å². The Hall–Kier alpha value is -0.690. The van der Waals surface area contributed by atoms with Gasteiger partial charge in [-0.15, -0.1) is 11.3 Å². The first kappa shape index (κ1) is 15.2. The summed E-state index contributed by atoms with van der Waals surface area (Å²) in [6.07, 6.45) is 4.74. The molecule has 1 atom stereocenters. The van der Waals surface area contributed by atoms with Gasteiger partial charge in [0.25, 0.3) is 0 Å². The molecule has 2 heterocycles. The Bertz CT molecular complexity index is 613. The number of likely N-dealkylation sites (N-methyl/N-ethyl adjacent to an activating group) is 1. The molecule has 1 N–H and O–H groups in total. The number of hydrogen-bond donors (Lipinski definition) is 1. The van der Waals surface area contributed by atoms with Crippen LogP contribution in [0.1, 0.15) is 33.5 Å². The number of aromatic nitrogens is 2. The van der Waals surface area contributed by atoms with Crippen molar-refractivity contribution in [3.63, 3.8) is 0 Å². The van der Waals surface area contributed by atoms with E-state index < -0.39 is 6.10 Å². The van der Waals surface area contributed by atoms with Crippen LogP contribution < -0.4 is 0 Å². The van der Waals surface area contributed by atoms with E-state index in [-0.39, 0.29) is 0 Å². The third-order valence-corrected chi connectivity index (χ3v) is 5.79. The molecule has 2 aromatic rings. The van der Waals surface area contributed by atoms with Gasteiger partial charge in [-0.1, -0.05) is 0 Å².